The van der Waals surface area contributed by atoms with Crippen molar-refractivity contribution >= 4 is 0 Å². The van der Waals surface area contributed by atoms with E-state index in [9.17, 15) is 0 Å². The summed E-state index contributed by atoms with van der Waals surface area (Å²) in [5.74, 6) is 3.47. The Balaban J connectivity index is 1.70. The van der Waals surface area contributed by atoms with Gasteiger partial charge in [0.1, 0.15) is 6.54 Å². The Bertz CT molecular complexity index is 509. The monoisotopic (exact) mass is 260 g/mol. The molecule has 2 heterocycles. The van der Waals surface area contributed by atoms with E-state index >= 15 is 0 Å². The molecule has 1 aliphatic carbocycles. The van der Waals surface area contributed by atoms with E-state index in [0.29, 0.717) is 18.4 Å². The Hall–Kier alpha value is -1.65. The SMILES string of the molecule is C[C@H]1CC(c2noc(Cn3cccn3)n2)C[C@H](C)C1. The van der Waals surface area contributed by atoms with Crippen molar-refractivity contribution in [1.82, 2.24) is 19.9 Å². The van der Waals surface area contributed by atoms with Crippen molar-refractivity contribution in [2.24, 2.45) is 11.8 Å². The van der Waals surface area contributed by atoms with E-state index in [-0.39, 0.29) is 0 Å². The lowest BCUT2D eigenvalue weighted by molar-refractivity contribution is 0.257. The minimum Gasteiger partial charge on any atom is -0.337 e. The van der Waals surface area contributed by atoms with Crippen LogP contribution in [0.4, 0.5) is 0 Å². The van der Waals surface area contributed by atoms with Crippen molar-refractivity contribution in [1.29, 1.82) is 0 Å². The van der Waals surface area contributed by atoms with Gasteiger partial charge in [-0.3, -0.25) is 4.68 Å². The number of nitrogens with zero attached hydrogens (tertiary/aromatic N) is 4. The molecule has 5 nitrogen and oxygen atoms in total. The van der Waals surface area contributed by atoms with Crippen LogP contribution in [0.5, 0.6) is 0 Å². The highest BCUT2D eigenvalue weighted by Crippen LogP contribution is 2.37. The molecule has 0 spiro atoms. The normalized spacial score (nSPS) is 27.6. The summed E-state index contributed by atoms with van der Waals surface area (Å²) < 4.78 is 7.13. The van der Waals surface area contributed by atoms with E-state index in [1.807, 2.05) is 12.3 Å². The van der Waals surface area contributed by atoms with Gasteiger partial charge in [0, 0.05) is 18.3 Å². The molecule has 1 fully saturated rings. The highest BCUT2D eigenvalue weighted by atomic mass is 16.5. The average Bonchev–Trinajstić information content (AvgIpc) is 2.99. The third-order valence-electron chi connectivity index (χ3n) is 3.88. The van der Waals surface area contributed by atoms with Gasteiger partial charge in [-0.05, 0) is 37.2 Å². The Morgan fingerprint density at radius 2 is 2.05 bits per heavy atom. The van der Waals surface area contributed by atoms with Crippen molar-refractivity contribution in [2.75, 3.05) is 0 Å². The number of rotatable bonds is 3. The van der Waals surface area contributed by atoms with Gasteiger partial charge >= 0.3 is 0 Å². The summed E-state index contributed by atoms with van der Waals surface area (Å²) in [7, 11) is 0. The summed E-state index contributed by atoms with van der Waals surface area (Å²) in [5, 5.41) is 8.31. The van der Waals surface area contributed by atoms with Crippen LogP contribution in [0.15, 0.2) is 23.0 Å². The van der Waals surface area contributed by atoms with Crippen LogP contribution >= 0.6 is 0 Å². The first-order valence-corrected chi connectivity index (χ1v) is 7.00. The number of hydrogen-bond donors (Lipinski definition) is 0. The van der Waals surface area contributed by atoms with Crippen molar-refractivity contribution in [2.45, 2.75) is 45.6 Å². The van der Waals surface area contributed by atoms with E-state index in [1.165, 1.54) is 19.3 Å². The number of aromatic nitrogens is 4. The summed E-state index contributed by atoms with van der Waals surface area (Å²) in [6, 6.07) is 1.89. The topological polar surface area (TPSA) is 56.7 Å². The van der Waals surface area contributed by atoms with Crippen LogP contribution in [-0.4, -0.2) is 19.9 Å². The van der Waals surface area contributed by atoms with Crippen LogP contribution in [0.2, 0.25) is 0 Å². The lowest BCUT2D eigenvalue weighted by Gasteiger charge is -2.29. The van der Waals surface area contributed by atoms with E-state index in [4.69, 9.17) is 4.52 Å². The van der Waals surface area contributed by atoms with E-state index in [2.05, 4.69) is 29.1 Å². The lowest BCUT2D eigenvalue weighted by atomic mass is 9.76. The molecule has 0 amide bonds. The van der Waals surface area contributed by atoms with E-state index in [1.54, 1.807) is 10.9 Å². The molecule has 1 saturated carbocycles. The van der Waals surface area contributed by atoms with Crippen molar-refractivity contribution in [3.63, 3.8) is 0 Å². The fourth-order valence-electron chi connectivity index (χ4n) is 3.19. The predicted molar refractivity (Wildman–Crippen MR) is 70.5 cm³/mol. The van der Waals surface area contributed by atoms with Gasteiger partial charge < -0.3 is 4.52 Å². The predicted octanol–water partition coefficient (Wildman–Crippen LogP) is 2.85. The first-order chi connectivity index (χ1) is 9.20. The van der Waals surface area contributed by atoms with Gasteiger partial charge in [0.2, 0.25) is 5.89 Å². The smallest absolute Gasteiger partial charge is 0.248 e. The average molecular weight is 260 g/mol. The Labute approximate surface area is 113 Å². The minimum atomic E-state index is 0.453. The Morgan fingerprint density at radius 3 is 2.74 bits per heavy atom. The molecule has 5 heteroatoms. The van der Waals surface area contributed by atoms with Crippen LogP contribution in [0.1, 0.15) is 50.7 Å². The van der Waals surface area contributed by atoms with Crippen LogP contribution in [0.25, 0.3) is 0 Å². The van der Waals surface area contributed by atoms with Gasteiger partial charge in [0.05, 0.1) is 0 Å². The molecular formula is C14H20N4O. The fourth-order valence-corrected chi connectivity index (χ4v) is 3.19. The molecule has 102 valence electrons. The summed E-state index contributed by atoms with van der Waals surface area (Å²) in [6.07, 6.45) is 7.31. The molecule has 0 saturated heterocycles. The first-order valence-electron chi connectivity index (χ1n) is 7.00. The van der Waals surface area contributed by atoms with Gasteiger partial charge in [-0.2, -0.15) is 10.1 Å². The number of hydrogen-bond acceptors (Lipinski definition) is 4. The summed E-state index contributed by atoms with van der Waals surface area (Å²) >= 11 is 0. The zero-order chi connectivity index (χ0) is 13.2. The van der Waals surface area contributed by atoms with Gasteiger partial charge in [0.15, 0.2) is 5.82 Å². The van der Waals surface area contributed by atoms with Gasteiger partial charge in [-0.1, -0.05) is 19.0 Å². The van der Waals surface area contributed by atoms with Gasteiger partial charge in [-0.25, -0.2) is 0 Å². The summed E-state index contributed by atoms with van der Waals surface area (Å²) in [6.45, 7) is 5.18. The highest BCUT2D eigenvalue weighted by molar-refractivity contribution is 4.99. The molecule has 0 bridgehead atoms. The second kappa shape index (κ2) is 5.15. The molecule has 0 N–H and O–H groups in total. The van der Waals surface area contributed by atoms with Gasteiger partial charge in [-0.15, -0.1) is 0 Å². The Kier molecular flexibility index (Phi) is 3.36. The molecule has 0 aliphatic heterocycles. The summed E-state index contributed by atoms with van der Waals surface area (Å²) in [5.41, 5.74) is 0. The molecule has 2 atom stereocenters. The van der Waals surface area contributed by atoms with Gasteiger partial charge in [0.25, 0.3) is 0 Å². The maximum Gasteiger partial charge on any atom is 0.248 e. The second-order valence-corrected chi connectivity index (χ2v) is 5.86. The minimum absolute atomic E-state index is 0.453. The van der Waals surface area contributed by atoms with Crippen LogP contribution in [0, 0.1) is 11.8 Å². The molecule has 0 unspecified atom stereocenters. The van der Waals surface area contributed by atoms with E-state index in [0.717, 1.165) is 17.7 Å². The van der Waals surface area contributed by atoms with Crippen molar-refractivity contribution in [3.05, 3.63) is 30.2 Å². The quantitative estimate of drug-likeness (QED) is 0.851. The maximum absolute atomic E-state index is 5.34. The molecule has 0 radical (unpaired) electrons. The second-order valence-electron chi connectivity index (χ2n) is 5.86. The third-order valence-corrected chi connectivity index (χ3v) is 3.88. The zero-order valence-electron chi connectivity index (χ0n) is 11.5. The molecule has 1 aliphatic rings. The Morgan fingerprint density at radius 1 is 1.26 bits per heavy atom. The van der Waals surface area contributed by atoms with Crippen LogP contribution in [-0.2, 0) is 6.54 Å². The highest BCUT2D eigenvalue weighted by Gasteiger charge is 2.28. The largest absolute Gasteiger partial charge is 0.337 e. The standard InChI is InChI=1S/C14H20N4O/c1-10-6-11(2)8-12(7-10)14-16-13(19-17-14)9-18-5-3-4-15-18/h3-5,10-12H,6-9H2,1-2H3/t10-,11-/m1/s1. The lowest BCUT2D eigenvalue weighted by Crippen LogP contribution is -2.19. The molecular weight excluding hydrogens is 240 g/mol. The van der Waals surface area contributed by atoms with Crippen LogP contribution < -0.4 is 0 Å². The molecule has 2 aromatic rings. The molecule has 3 rings (SSSR count). The molecule has 2 aromatic heterocycles. The van der Waals surface area contributed by atoms with Crippen LogP contribution in [0.3, 0.4) is 0 Å². The van der Waals surface area contributed by atoms with E-state index < -0.39 is 0 Å². The van der Waals surface area contributed by atoms with Crippen molar-refractivity contribution in [3.8, 4) is 0 Å². The fraction of sp³-hybridized carbons (Fsp3) is 0.643. The molecule has 19 heavy (non-hydrogen) atoms. The zero-order valence-corrected chi connectivity index (χ0v) is 11.5. The molecule has 0 aromatic carbocycles. The maximum atomic E-state index is 5.34. The first kappa shape index (κ1) is 12.4. The third kappa shape index (κ3) is 2.85. The van der Waals surface area contributed by atoms with Crippen molar-refractivity contribution < 1.29 is 4.52 Å². The summed E-state index contributed by atoms with van der Waals surface area (Å²) in [4.78, 5) is 4.54.